The molecule has 84 valence electrons. The predicted octanol–water partition coefficient (Wildman–Crippen LogP) is 3.87. The van der Waals surface area contributed by atoms with E-state index >= 15 is 0 Å². The van der Waals surface area contributed by atoms with Crippen LogP contribution in [0, 0.1) is 0 Å². The molecule has 1 heterocycles. The lowest BCUT2D eigenvalue weighted by molar-refractivity contribution is 0.241. The number of hydrogen-bond acceptors (Lipinski definition) is 1. The average molecular weight is 222 g/mol. The van der Waals surface area contributed by atoms with Crippen molar-refractivity contribution in [3.05, 3.63) is 77.4 Å². The number of allylic oxidation sites excluding steroid dienone is 4. The summed E-state index contributed by atoms with van der Waals surface area (Å²) in [7, 11) is 0. The highest BCUT2D eigenvalue weighted by Gasteiger charge is 2.21. The summed E-state index contributed by atoms with van der Waals surface area (Å²) in [5.74, 6) is 0.955. The highest BCUT2D eigenvalue weighted by molar-refractivity contribution is 5.66. The molecule has 0 saturated heterocycles. The van der Waals surface area contributed by atoms with Crippen LogP contribution in [0.4, 0.5) is 0 Å². The summed E-state index contributed by atoms with van der Waals surface area (Å²) in [6, 6.07) is 10.2. The summed E-state index contributed by atoms with van der Waals surface area (Å²) in [6.07, 6.45) is 10.5. The Bertz CT molecular complexity index is 544. The molecule has 0 fully saturated rings. The minimum absolute atomic E-state index is 0.0696. The normalized spacial score (nSPS) is 21.9. The number of fused-ring (bicyclic) bond motifs is 1. The third-order valence-corrected chi connectivity index (χ3v) is 3.09. The van der Waals surface area contributed by atoms with Crippen molar-refractivity contribution in [2.45, 2.75) is 13.0 Å². The fourth-order valence-corrected chi connectivity index (χ4v) is 2.19. The van der Waals surface area contributed by atoms with Gasteiger partial charge in [0, 0.05) is 5.56 Å². The average Bonchev–Trinajstić information content (AvgIpc) is 2.40. The second kappa shape index (κ2) is 4.10. The first-order valence-electron chi connectivity index (χ1n) is 5.84. The summed E-state index contributed by atoms with van der Waals surface area (Å²) >= 11 is 0. The number of benzene rings is 1. The number of rotatable bonds is 1. The van der Waals surface area contributed by atoms with E-state index < -0.39 is 0 Å². The fraction of sp³-hybridized carbons (Fsp3) is 0.125. The van der Waals surface area contributed by atoms with Gasteiger partial charge in [0.15, 0.2) is 0 Å². The fourth-order valence-electron chi connectivity index (χ4n) is 2.19. The van der Waals surface area contributed by atoms with Crippen LogP contribution in [-0.4, -0.2) is 6.10 Å². The minimum Gasteiger partial charge on any atom is -0.481 e. The lowest BCUT2D eigenvalue weighted by Gasteiger charge is -2.26. The summed E-state index contributed by atoms with van der Waals surface area (Å²) < 4.78 is 6.01. The first-order valence-corrected chi connectivity index (χ1v) is 5.84. The van der Waals surface area contributed by atoms with Gasteiger partial charge in [0.2, 0.25) is 0 Å². The van der Waals surface area contributed by atoms with Gasteiger partial charge in [-0.05, 0) is 30.2 Å². The van der Waals surface area contributed by atoms with Crippen LogP contribution >= 0.6 is 0 Å². The standard InChI is InChI=1S/C16H14O/c1-12-11-16(13-7-3-2-4-8-13)17-15-10-6-5-9-14(12)15/h2-11,15H,1H3. The van der Waals surface area contributed by atoms with Gasteiger partial charge in [0.05, 0.1) is 0 Å². The Labute approximate surface area is 101 Å². The molecule has 1 unspecified atom stereocenters. The van der Waals surface area contributed by atoms with Gasteiger partial charge in [-0.2, -0.15) is 0 Å². The van der Waals surface area contributed by atoms with Crippen LogP contribution in [0.3, 0.4) is 0 Å². The lowest BCUT2D eigenvalue weighted by Crippen LogP contribution is -2.17. The van der Waals surface area contributed by atoms with E-state index in [0.717, 1.165) is 11.3 Å². The molecule has 0 radical (unpaired) electrons. The molecule has 0 spiro atoms. The van der Waals surface area contributed by atoms with Crippen LogP contribution < -0.4 is 0 Å². The molecule has 0 amide bonds. The topological polar surface area (TPSA) is 9.23 Å². The number of hydrogen-bond donors (Lipinski definition) is 0. The Morgan fingerprint density at radius 1 is 1.06 bits per heavy atom. The third kappa shape index (κ3) is 1.84. The van der Waals surface area contributed by atoms with E-state index in [2.05, 4.69) is 43.4 Å². The summed E-state index contributed by atoms with van der Waals surface area (Å²) in [6.45, 7) is 2.14. The van der Waals surface area contributed by atoms with Gasteiger partial charge in [0.1, 0.15) is 11.9 Å². The molecule has 2 aliphatic rings. The van der Waals surface area contributed by atoms with Gasteiger partial charge in [-0.1, -0.05) is 48.6 Å². The van der Waals surface area contributed by atoms with Crippen LogP contribution in [-0.2, 0) is 4.74 Å². The molecular formula is C16H14O. The Hall–Kier alpha value is -2.02. The van der Waals surface area contributed by atoms with Crippen molar-refractivity contribution >= 4 is 5.76 Å². The van der Waals surface area contributed by atoms with Gasteiger partial charge in [-0.15, -0.1) is 0 Å². The van der Waals surface area contributed by atoms with Crippen molar-refractivity contribution in [3.63, 3.8) is 0 Å². The summed E-state index contributed by atoms with van der Waals surface area (Å²) in [5.41, 5.74) is 3.67. The van der Waals surface area contributed by atoms with Crippen molar-refractivity contribution in [1.82, 2.24) is 0 Å². The van der Waals surface area contributed by atoms with E-state index in [1.807, 2.05) is 24.3 Å². The van der Waals surface area contributed by atoms with Gasteiger partial charge >= 0.3 is 0 Å². The maximum atomic E-state index is 6.01. The first-order chi connectivity index (χ1) is 8.34. The molecule has 1 atom stereocenters. The van der Waals surface area contributed by atoms with Crippen LogP contribution in [0.25, 0.3) is 5.76 Å². The highest BCUT2D eigenvalue weighted by atomic mass is 16.5. The van der Waals surface area contributed by atoms with Crippen molar-refractivity contribution in [2.24, 2.45) is 0 Å². The van der Waals surface area contributed by atoms with Gasteiger partial charge < -0.3 is 4.74 Å². The predicted molar refractivity (Wildman–Crippen MR) is 70.3 cm³/mol. The van der Waals surface area contributed by atoms with Crippen molar-refractivity contribution in [1.29, 1.82) is 0 Å². The monoisotopic (exact) mass is 222 g/mol. The zero-order chi connectivity index (χ0) is 11.7. The van der Waals surface area contributed by atoms with E-state index in [1.165, 1.54) is 11.1 Å². The zero-order valence-electron chi connectivity index (χ0n) is 9.76. The van der Waals surface area contributed by atoms with Gasteiger partial charge in [-0.3, -0.25) is 0 Å². The smallest absolute Gasteiger partial charge is 0.143 e. The molecular weight excluding hydrogens is 208 g/mol. The van der Waals surface area contributed by atoms with E-state index in [4.69, 9.17) is 4.74 Å². The van der Waals surface area contributed by atoms with Crippen LogP contribution in [0.5, 0.6) is 0 Å². The van der Waals surface area contributed by atoms with Crippen molar-refractivity contribution in [2.75, 3.05) is 0 Å². The quantitative estimate of drug-likeness (QED) is 0.701. The molecule has 0 N–H and O–H groups in total. The van der Waals surface area contributed by atoms with Gasteiger partial charge in [-0.25, -0.2) is 0 Å². The molecule has 3 rings (SSSR count). The van der Waals surface area contributed by atoms with Crippen LogP contribution in [0.15, 0.2) is 71.9 Å². The van der Waals surface area contributed by atoms with E-state index in [0.29, 0.717) is 0 Å². The Morgan fingerprint density at radius 3 is 2.71 bits per heavy atom. The largest absolute Gasteiger partial charge is 0.481 e. The van der Waals surface area contributed by atoms with Crippen LogP contribution in [0.2, 0.25) is 0 Å². The SMILES string of the molecule is CC1=C2C=CC=CC2OC(c2ccccc2)=C1. The Morgan fingerprint density at radius 2 is 1.88 bits per heavy atom. The van der Waals surface area contributed by atoms with E-state index in [9.17, 15) is 0 Å². The second-order valence-electron chi connectivity index (χ2n) is 4.30. The molecule has 1 heteroatoms. The molecule has 1 aliphatic carbocycles. The molecule has 0 bridgehead atoms. The molecule has 17 heavy (non-hydrogen) atoms. The molecule has 1 aliphatic heterocycles. The molecule has 0 saturated carbocycles. The molecule has 0 aromatic heterocycles. The second-order valence-corrected chi connectivity index (χ2v) is 4.30. The van der Waals surface area contributed by atoms with Gasteiger partial charge in [0.25, 0.3) is 0 Å². The molecule has 1 aromatic carbocycles. The first kappa shape index (κ1) is 10.2. The maximum absolute atomic E-state index is 6.01. The minimum atomic E-state index is 0.0696. The van der Waals surface area contributed by atoms with Crippen molar-refractivity contribution in [3.8, 4) is 0 Å². The van der Waals surface area contributed by atoms with E-state index in [-0.39, 0.29) is 6.10 Å². The molecule has 1 nitrogen and oxygen atoms in total. The summed E-state index contributed by atoms with van der Waals surface area (Å²) in [5, 5.41) is 0. The van der Waals surface area contributed by atoms with Crippen molar-refractivity contribution < 1.29 is 4.74 Å². The number of ether oxygens (including phenoxy) is 1. The van der Waals surface area contributed by atoms with Crippen LogP contribution in [0.1, 0.15) is 12.5 Å². The third-order valence-electron chi connectivity index (χ3n) is 3.09. The highest BCUT2D eigenvalue weighted by Crippen LogP contribution is 2.31. The summed E-state index contributed by atoms with van der Waals surface area (Å²) in [4.78, 5) is 0. The Balaban J connectivity index is 2.02. The molecule has 1 aromatic rings. The maximum Gasteiger partial charge on any atom is 0.143 e. The Kier molecular flexibility index (Phi) is 2.45. The lowest BCUT2D eigenvalue weighted by atomic mass is 9.95. The zero-order valence-corrected chi connectivity index (χ0v) is 9.76. The van der Waals surface area contributed by atoms with E-state index in [1.54, 1.807) is 0 Å².